The van der Waals surface area contributed by atoms with Gasteiger partial charge in [0.2, 0.25) is 11.8 Å². The van der Waals surface area contributed by atoms with Crippen molar-refractivity contribution in [3.8, 4) is 0 Å². The molecule has 5 rings (SSSR count). The smallest absolute Gasteiger partial charge is 0.251 e. The van der Waals surface area contributed by atoms with E-state index in [1.807, 2.05) is 63.0 Å². The van der Waals surface area contributed by atoms with Gasteiger partial charge in [0.25, 0.3) is 5.91 Å². The van der Waals surface area contributed by atoms with Gasteiger partial charge in [-0.25, -0.2) is 0 Å². The number of amides is 3. The number of rotatable bonds is 7. The number of nitrogens with zero attached hydrogens (tertiary/aromatic N) is 3. The zero-order chi connectivity index (χ0) is 28.1. The van der Waals surface area contributed by atoms with Crippen molar-refractivity contribution in [2.24, 2.45) is 17.8 Å². The van der Waals surface area contributed by atoms with Gasteiger partial charge in [-0.2, -0.15) is 0 Å². The van der Waals surface area contributed by atoms with E-state index in [1.54, 1.807) is 33.7 Å². The standard InChI is InChI=1S/C30H38ClN3O4S/c1-5-14-32-15-6-12-29(4)23(26(32)36)24-27(37)34(22(18-35)17-19(2)3)25-28(38)33(16-7-13-30(24,25)39-29)21-10-8-20(31)9-11-21/h6-13,19,22-25,35H,5,14-18H2,1-4H3/t22-,23+,24+,25?,29-,30+/m1/s1. The summed E-state index contributed by atoms with van der Waals surface area (Å²) in [6.45, 7) is 9.40. The first-order valence-corrected chi connectivity index (χ1v) is 15.1. The SMILES string of the molecule is CCCN1CC=C[C@@]2(C)S[C@]34C=CCN(c5ccc(Cl)cc5)C(=O)C3N([C@@H](CO)CC(C)C)C(=O)[C@@H]4[C@H]2C1=O. The van der Waals surface area contributed by atoms with Crippen LogP contribution in [0.5, 0.6) is 0 Å². The molecule has 9 heteroatoms. The summed E-state index contributed by atoms with van der Waals surface area (Å²) in [4.78, 5) is 48.5. The van der Waals surface area contributed by atoms with Crippen molar-refractivity contribution in [2.75, 3.05) is 31.1 Å². The number of likely N-dealkylation sites (tertiary alicyclic amines) is 1. The fraction of sp³-hybridized carbons (Fsp3) is 0.567. The van der Waals surface area contributed by atoms with Crippen LogP contribution in [-0.4, -0.2) is 80.4 Å². The normalized spacial score (nSPS) is 32.8. The molecule has 4 heterocycles. The van der Waals surface area contributed by atoms with Gasteiger partial charge >= 0.3 is 0 Å². The number of carbonyl (C=O) groups is 3. The summed E-state index contributed by atoms with van der Waals surface area (Å²) in [7, 11) is 0. The van der Waals surface area contributed by atoms with Gasteiger partial charge in [0.15, 0.2) is 0 Å². The molecule has 0 aliphatic carbocycles. The van der Waals surface area contributed by atoms with E-state index in [4.69, 9.17) is 11.6 Å². The van der Waals surface area contributed by atoms with Crippen molar-refractivity contribution in [3.63, 3.8) is 0 Å². The molecule has 0 saturated carbocycles. The minimum atomic E-state index is -0.936. The Morgan fingerprint density at radius 3 is 2.36 bits per heavy atom. The summed E-state index contributed by atoms with van der Waals surface area (Å²) in [5.74, 6) is -1.55. The van der Waals surface area contributed by atoms with Crippen LogP contribution in [-0.2, 0) is 14.4 Å². The first-order valence-electron chi connectivity index (χ1n) is 13.9. The lowest BCUT2D eigenvalue weighted by Crippen LogP contribution is -2.57. The van der Waals surface area contributed by atoms with Crippen molar-refractivity contribution in [1.29, 1.82) is 0 Å². The summed E-state index contributed by atoms with van der Waals surface area (Å²) in [6, 6.07) is 5.74. The number of fused-ring (bicyclic) bond motifs is 2. The predicted octanol–water partition coefficient (Wildman–Crippen LogP) is 4.15. The van der Waals surface area contributed by atoms with E-state index in [-0.39, 0.29) is 30.2 Å². The average molecular weight is 572 g/mol. The molecule has 7 nitrogen and oxygen atoms in total. The molecule has 4 aliphatic rings. The minimum Gasteiger partial charge on any atom is -0.394 e. The Morgan fingerprint density at radius 1 is 1.03 bits per heavy atom. The Balaban J connectivity index is 1.67. The van der Waals surface area contributed by atoms with Crippen LogP contribution in [0.1, 0.15) is 40.5 Å². The second-order valence-electron chi connectivity index (χ2n) is 11.7. The highest BCUT2D eigenvalue weighted by Crippen LogP contribution is 2.66. The number of hydrogen-bond donors (Lipinski definition) is 1. The zero-order valence-electron chi connectivity index (χ0n) is 23.0. The number of aliphatic hydroxyl groups is 1. The molecule has 0 aromatic heterocycles. The lowest BCUT2D eigenvalue weighted by atomic mass is 9.74. The molecule has 1 aromatic carbocycles. The number of thioether (sulfide) groups is 1. The minimum absolute atomic E-state index is 0.0308. The van der Waals surface area contributed by atoms with Gasteiger partial charge in [-0.3, -0.25) is 14.4 Å². The van der Waals surface area contributed by atoms with Crippen LogP contribution in [0.2, 0.25) is 5.02 Å². The lowest BCUT2D eigenvalue weighted by Gasteiger charge is -2.40. The van der Waals surface area contributed by atoms with Gasteiger partial charge in [0.05, 0.1) is 29.2 Å². The first-order chi connectivity index (χ1) is 18.6. The summed E-state index contributed by atoms with van der Waals surface area (Å²) in [6.07, 6.45) is 9.48. The van der Waals surface area contributed by atoms with Gasteiger partial charge in [-0.15, -0.1) is 11.8 Å². The molecule has 1 N–H and O–H groups in total. The molecule has 39 heavy (non-hydrogen) atoms. The average Bonchev–Trinajstić information content (AvgIpc) is 3.17. The van der Waals surface area contributed by atoms with E-state index in [1.165, 1.54) is 0 Å². The van der Waals surface area contributed by atoms with Gasteiger partial charge in [-0.1, -0.05) is 56.7 Å². The lowest BCUT2D eigenvalue weighted by molar-refractivity contribution is -0.145. The van der Waals surface area contributed by atoms with Crippen LogP contribution < -0.4 is 4.90 Å². The molecule has 1 aromatic rings. The molecule has 6 atom stereocenters. The summed E-state index contributed by atoms with van der Waals surface area (Å²) in [5.41, 5.74) is 0.694. The number of halogens is 1. The van der Waals surface area contributed by atoms with Crippen LogP contribution in [0.15, 0.2) is 48.6 Å². The van der Waals surface area contributed by atoms with Gasteiger partial charge in [0, 0.05) is 35.1 Å². The van der Waals surface area contributed by atoms with E-state index < -0.39 is 33.4 Å². The van der Waals surface area contributed by atoms with Crippen molar-refractivity contribution in [2.45, 2.75) is 62.1 Å². The third-order valence-corrected chi connectivity index (χ3v) is 10.6. The van der Waals surface area contributed by atoms with Crippen molar-refractivity contribution < 1.29 is 19.5 Å². The van der Waals surface area contributed by atoms with Crippen LogP contribution in [0.3, 0.4) is 0 Å². The molecule has 3 amide bonds. The van der Waals surface area contributed by atoms with Gasteiger partial charge in [0.1, 0.15) is 6.04 Å². The van der Waals surface area contributed by atoms with E-state index in [9.17, 15) is 19.5 Å². The Hall–Kier alpha value is -2.29. The fourth-order valence-electron chi connectivity index (χ4n) is 7.05. The van der Waals surface area contributed by atoms with Crippen LogP contribution >= 0.6 is 23.4 Å². The predicted molar refractivity (Wildman–Crippen MR) is 156 cm³/mol. The van der Waals surface area contributed by atoms with Crippen LogP contribution in [0, 0.1) is 17.8 Å². The molecule has 210 valence electrons. The van der Waals surface area contributed by atoms with Crippen molar-refractivity contribution in [1.82, 2.24) is 9.80 Å². The summed E-state index contributed by atoms with van der Waals surface area (Å²) < 4.78 is -1.58. The Kier molecular flexibility index (Phi) is 7.68. The third-order valence-electron chi connectivity index (χ3n) is 8.56. The molecule has 2 fully saturated rings. The van der Waals surface area contributed by atoms with Gasteiger partial charge in [-0.05, 0) is 49.9 Å². The molecule has 2 saturated heterocycles. The largest absolute Gasteiger partial charge is 0.394 e. The van der Waals surface area contributed by atoms with Crippen LogP contribution in [0.4, 0.5) is 5.69 Å². The highest BCUT2D eigenvalue weighted by molar-refractivity contribution is 8.02. The maximum absolute atomic E-state index is 14.6. The number of benzene rings is 1. The van der Waals surface area contributed by atoms with E-state index >= 15 is 0 Å². The van der Waals surface area contributed by atoms with Gasteiger partial charge < -0.3 is 19.8 Å². The maximum atomic E-state index is 14.6. The third kappa shape index (κ3) is 4.52. The maximum Gasteiger partial charge on any atom is 0.251 e. The first kappa shape index (κ1) is 28.2. The molecule has 0 radical (unpaired) electrons. The van der Waals surface area contributed by atoms with Crippen molar-refractivity contribution >= 4 is 46.8 Å². The number of anilines is 1. The van der Waals surface area contributed by atoms with E-state index in [0.29, 0.717) is 36.8 Å². The highest BCUT2D eigenvalue weighted by atomic mass is 35.5. The quantitative estimate of drug-likeness (QED) is 0.497. The van der Waals surface area contributed by atoms with Crippen molar-refractivity contribution in [3.05, 3.63) is 53.6 Å². The topological polar surface area (TPSA) is 81.2 Å². The summed E-state index contributed by atoms with van der Waals surface area (Å²) >= 11 is 7.71. The second kappa shape index (κ2) is 10.6. The van der Waals surface area contributed by atoms with Crippen LogP contribution in [0.25, 0.3) is 0 Å². The highest BCUT2D eigenvalue weighted by Gasteiger charge is 2.74. The number of hydrogen-bond acceptors (Lipinski definition) is 5. The monoisotopic (exact) mass is 571 g/mol. The fourth-order valence-corrected chi connectivity index (χ4v) is 9.32. The molecule has 4 aliphatic heterocycles. The number of aliphatic hydroxyl groups excluding tert-OH is 1. The summed E-state index contributed by atoms with van der Waals surface area (Å²) in [5, 5.41) is 11.1. The zero-order valence-corrected chi connectivity index (χ0v) is 24.6. The Labute approximate surface area is 240 Å². The molecule has 0 bridgehead atoms. The molecule has 1 spiro atoms. The molecule has 1 unspecified atom stereocenters. The second-order valence-corrected chi connectivity index (χ2v) is 14.0. The molecular weight excluding hydrogens is 534 g/mol. The number of carbonyl (C=O) groups excluding carboxylic acids is 3. The Morgan fingerprint density at radius 2 is 1.72 bits per heavy atom. The Bertz CT molecular complexity index is 1200. The van der Waals surface area contributed by atoms with E-state index in [2.05, 4.69) is 6.08 Å². The van der Waals surface area contributed by atoms with E-state index in [0.717, 1.165) is 6.42 Å². The molecular formula is C30H38ClN3O4S.